The zero-order valence-electron chi connectivity index (χ0n) is 8.61. The Bertz CT molecular complexity index is 301. The van der Waals surface area contributed by atoms with Gasteiger partial charge in [0.05, 0.1) is 0 Å². The number of anilines is 1. The Morgan fingerprint density at radius 2 is 1.86 bits per heavy atom. The molecule has 0 aromatic heterocycles. The number of hydrogen-bond donors (Lipinski definition) is 0. The quantitative estimate of drug-likeness (QED) is 0.659. The van der Waals surface area contributed by atoms with Crippen molar-refractivity contribution in [2.45, 2.75) is 0 Å². The van der Waals surface area contributed by atoms with Crippen LogP contribution >= 0.6 is 0 Å². The van der Waals surface area contributed by atoms with Gasteiger partial charge in [-0.15, -0.1) is 0 Å². The van der Waals surface area contributed by atoms with E-state index in [4.69, 9.17) is 6.92 Å². The average molecular weight is 188 g/mol. The lowest BCUT2D eigenvalue weighted by atomic mass is 10.2. The molecule has 0 amide bonds. The summed E-state index contributed by atoms with van der Waals surface area (Å²) in [5.41, 5.74) is 2.10. The molecule has 1 aromatic carbocycles. The Morgan fingerprint density at radius 3 is 2.50 bits per heavy atom. The SMILES string of the molecule is [CH]c1cccc(N2CCN(C)CC2)c1. The van der Waals surface area contributed by atoms with Gasteiger partial charge in [-0.3, -0.25) is 0 Å². The van der Waals surface area contributed by atoms with Gasteiger partial charge in [0.1, 0.15) is 0 Å². The summed E-state index contributed by atoms with van der Waals surface area (Å²) in [6, 6.07) is 8.12. The van der Waals surface area contributed by atoms with E-state index >= 15 is 0 Å². The molecule has 2 radical (unpaired) electrons. The maximum atomic E-state index is 5.76. The molecule has 2 rings (SSSR count). The van der Waals surface area contributed by atoms with Crippen LogP contribution in [0.25, 0.3) is 0 Å². The van der Waals surface area contributed by atoms with Crippen molar-refractivity contribution in [3.05, 3.63) is 36.8 Å². The first-order valence-corrected chi connectivity index (χ1v) is 5.05. The highest BCUT2D eigenvalue weighted by molar-refractivity contribution is 5.49. The van der Waals surface area contributed by atoms with Gasteiger partial charge in [0.2, 0.25) is 0 Å². The maximum Gasteiger partial charge on any atom is 0.0369 e. The van der Waals surface area contributed by atoms with E-state index in [0.29, 0.717) is 0 Å². The van der Waals surface area contributed by atoms with Crippen molar-refractivity contribution in [2.24, 2.45) is 0 Å². The molecule has 0 atom stereocenters. The fourth-order valence-electron chi connectivity index (χ4n) is 1.79. The van der Waals surface area contributed by atoms with Crippen LogP contribution in [0.2, 0.25) is 0 Å². The van der Waals surface area contributed by atoms with Crippen LogP contribution in [-0.4, -0.2) is 38.1 Å². The normalized spacial score (nSPS) is 18.6. The second-order valence-corrected chi connectivity index (χ2v) is 3.89. The van der Waals surface area contributed by atoms with E-state index in [1.807, 2.05) is 18.2 Å². The summed E-state index contributed by atoms with van der Waals surface area (Å²) in [6.07, 6.45) is 0. The number of benzene rings is 1. The topological polar surface area (TPSA) is 6.48 Å². The van der Waals surface area contributed by atoms with Crippen molar-refractivity contribution in [1.82, 2.24) is 4.90 Å². The maximum absolute atomic E-state index is 5.76. The van der Waals surface area contributed by atoms with Gasteiger partial charge in [0.15, 0.2) is 0 Å². The van der Waals surface area contributed by atoms with E-state index in [1.54, 1.807) is 0 Å². The van der Waals surface area contributed by atoms with Gasteiger partial charge in [-0.2, -0.15) is 0 Å². The van der Waals surface area contributed by atoms with Crippen LogP contribution in [0.1, 0.15) is 5.56 Å². The molecule has 1 heterocycles. The van der Waals surface area contributed by atoms with E-state index in [2.05, 4.69) is 22.9 Å². The third-order valence-electron chi connectivity index (χ3n) is 2.74. The molecule has 1 aliphatic heterocycles. The fraction of sp³-hybridized carbons (Fsp3) is 0.417. The second-order valence-electron chi connectivity index (χ2n) is 3.89. The van der Waals surface area contributed by atoms with Crippen LogP contribution in [0.5, 0.6) is 0 Å². The van der Waals surface area contributed by atoms with Gasteiger partial charge in [0.25, 0.3) is 0 Å². The first kappa shape index (κ1) is 9.53. The summed E-state index contributed by atoms with van der Waals surface area (Å²) in [5, 5.41) is 0. The lowest BCUT2D eigenvalue weighted by molar-refractivity contribution is 0.313. The second kappa shape index (κ2) is 4.01. The summed E-state index contributed by atoms with van der Waals surface area (Å²) in [5.74, 6) is 0. The van der Waals surface area contributed by atoms with Crippen LogP contribution in [-0.2, 0) is 0 Å². The van der Waals surface area contributed by atoms with E-state index in [0.717, 1.165) is 31.7 Å². The predicted octanol–water partition coefficient (Wildman–Crippen LogP) is 1.50. The molecule has 0 spiro atoms. The molecule has 1 aliphatic rings. The number of nitrogens with zero attached hydrogens (tertiary/aromatic N) is 2. The van der Waals surface area contributed by atoms with Gasteiger partial charge in [-0.1, -0.05) is 12.1 Å². The molecule has 2 heteroatoms. The van der Waals surface area contributed by atoms with Crippen LogP contribution in [0.15, 0.2) is 24.3 Å². The number of hydrogen-bond acceptors (Lipinski definition) is 2. The molecular formula is C12H16N2. The Balaban J connectivity index is 2.08. The molecule has 0 N–H and O–H groups in total. The minimum Gasteiger partial charge on any atom is -0.369 e. The van der Waals surface area contributed by atoms with Gasteiger partial charge < -0.3 is 9.80 Å². The molecule has 1 aromatic rings. The molecule has 0 unspecified atom stereocenters. The van der Waals surface area contributed by atoms with E-state index in [1.165, 1.54) is 5.69 Å². The third kappa shape index (κ3) is 2.07. The molecular weight excluding hydrogens is 172 g/mol. The smallest absolute Gasteiger partial charge is 0.0369 e. The first-order chi connectivity index (χ1) is 6.75. The first-order valence-electron chi connectivity index (χ1n) is 5.05. The van der Waals surface area contributed by atoms with Crippen molar-refractivity contribution in [3.63, 3.8) is 0 Å². The largest absolute Gasteiger partial charge is 0.369 e. The number of piperazine rings is 1. The third-order valence-corrected chi connectivity index (χ3v) is 2.74. The van der Waals surface area contributed by atoms with Gasteiger partial charge >= 0.3 is 0 Å². The van der Waals surface area contributed by atoms with Crippen molar-refractivity contribution in [2.75, 3.05) is 38.1 Å². The number of likely N-dealkylation sites (N-methyl/N-ethyl adjacent to an activating group) is 1. The van der Waals surface area contributed by atoms with Crippen LogP contribution < -0.4 is 4.90 Å². The monoisotopic (exact) mass is 188 g/mol. The van der Waals surface area contributed by atoms with Crippen molar-refractivity contribution < 1.29 is 0 Å². The van der Waals surface area contributed by atoms with Crippen LogP contribution in [0.3, 0.4) is 0 Å². The van der Waals surface area contributed by atoms with Gasteiger partial charge in [-0.05, 0) is 31.7 Å². The summed E-state index contributed by atoms with van der Waals surface area (Å²) in [7, 11) is 2.16. The highest BCUT2D eigenvalue weighted by Crippen LogP contribution is 2.17. The molecule has 1 saturated heterocycles. The molecule has 74 valence electrons. The van der Waals surface area contributed by atoms with Crippen molar-refractivity contribution >= 4 is 5.69 Å². The van der Waals surface area contributed by atoms with Crippen molar-refractivity contribution in [1.29, 1.82) is 0 Å². The molecule has 0 bridgehead atoms. The Kier molecular flexibility index (Phi) is 2.73. The molecule has 1 fully saturated rings. The highest BCUT2D eigenvalue weighted by atomic mass is 15.2. The minimum absolute atomic E-state index is 0.849. The van der Waals surface area contributed by atoms with Gasteiger partial charge in [0, 0.05) is 31.9 Å². The summed E-state index contributed by atoms with van der Waals surface area (Å²) in [4.78, 5) is 4.74. The molecule has 14 heavy (non-hydrogen) atoms. The predicted molar refractivity (Wildman–Crippen MR) is 59.6 cm³/mol. The Hall–Kier alpha value is -1.02. The van der Waals surface area contributed by atoms with E-state index in [-0.39, 0.29) is 0 Å². The van der Waals surface area contributed by atoms with E-state index < -0.39 is 0 Å². The van der Waals surface area contributed by atoms with E-state index in [9.17, 15) is 0 Å². The Morgan fingerprint density at radius 1 is 1.14 bits per heavy atom. The average Bonchev–Trinajstić information content (AvgIpc) is 2.19. The highest BCUT2D eigenvalue weighted by Gasteiger charge is 2.13. The summed E-state index contributed by atoms with van der Waals surface area (Å²) < 4.78 is 0. The zero-order valence-corrected chi connectivity index (χ0v) is 8.61. The number of rotatable bonds is 1. The molecule has 0 aliphatic carbocycles. The minimum atomic E-state index is 0.849. The summed E-state index contributed by atoms with van der Waals surface area (Å²) >= 11 is 0. The Labute approximate surface area is 86.1 Å². The molecule has 2 nitrogen and oxygen atoms in total. The van der Waals surface area contributed by atoms with Crippen LogP contribution in [0, 0.1) is 6.92 Å². The molecule has 0 saturated carbocycles. The van der Waals surface area contributed by atoms with Crippen LogP contribution in [0.4, 0.5) is 5.69 Å². The lowest BCUT2D eigenvalue weighted by Gasteiger charge is -2.34. The zero-order chi connectivity index (χ0) is 9.97. The lowest BCUT2D eigenvalue weighted by Crippen LogP contribution is -2.44. The van der Waals surface area contributed by atoms with Crippen molar-refractivity contribution in [3.8, 4) is 0 Å². The standard InChI is InChI=1S/C12H16N2/c1-11-4-3-5-12(10-11)14-8-6-13(2)7-9-14/h1,3-5,10H,6-9H2,2H3. The van der Waals surface area contributed by atoms with Gasteiger partial charge in [-0.25, -0.2) is 0 Å². The summed E-state index contributed by atoms with van der Waals surface area (Å²) in [6.45, 7) is 10.2. The fourth-order valence-corrected chi connectivity index (χ4v) is 1.79.